The smallest absolute Gasteiger partial charge is 0.282 e. The monoisotopic (exact) mass is 358 g/mol. The zero-order chi connectivity index (χ0) is 15.5. The highest BCUT2D eigenvalue weighted by molar-refractivity contribution is 9.09. The van der Waals surface area contributed by atoms with E-state index in [2.05, 4.69) is 21.2 Å². The lowest BCUT2D eigenvalue weighted by Crippen LogP contribution is -2.51. The fraction of sp³-hybridized carbons (Fsp3) is 0.500. The highest BCUT2D eigenvalue weighted by Crippen LogP contribution is 2.31. The molecule has 1 aromatic carbocycles. The molecule has 114 valence electrons. The molecule has 1 saturated carbocycles. The van der Waals surface area contributed by atoms with Gasteiger partial charge in [-0.05, 0) is 25.0 Å². The van der Waals surface area contributed by atoms with Crippen LogP contribution in [-0.2, 0) is 0 Å². The Morgan fingerprint density at radius 3 is 2.62 bits per heavy atom. The number of carbonyl (C=O) groups excluding carboxylic acids is 1. The number of benzene rings is 1. The summed E-state index contributed by atoms with van der Waals surface area (Å²) in [6.07, 6.45) is 4.74. The number of nitrogens with one attached hydrogen (secondary N) is 1. The van der Waals surface area contributed by atoms with Crippen molar-refractivity contribution in [1.82, 2.24) is 5.32 Å². The highest BCUT2D eigenvalue weighted by atomic mass is 79.9. The normalized spacial score (nSPS) is 17.2. The summed E-state index contributed by atoms with van der Waals surface area (Å²) in [6.45, 7) is 0. The summed E-state index contributed by atoms with van der Waals surface area (Å²) in [7, 11) is 0. The predicted octanol–water partition coefficient (Wildman–Crippen LogP) is 3.56. The van der Waals surface area contributed by atoms with Gasteiger partial charge < -0.3 is 5.32 Å². The molecule has 0 unspecified atom stereocenters. The predicted molar refractivity (Wildman–Crippen MR) is 80.1 cm³/mol. The Kier molecular flexibility index (Phi) is 4.92. The summed E-state index contributed by atoms with van der Waals surface area (Å²) < 4.78 is 13.3. The molecular weight excluding hydrogens is 343 g/mol. The third-order valence-electron chi connectivity index (χ3n) is 3.85. The van der Waals surface area contributed by atoms with Crippen LogP contribution in [-0.4, -0.2) is 21.7 Å². The van der Waals surface area contributed by atoms with Crippen LogP contribution in [0.15, 0.2) is 18.2 Å². The summed E-state index contributed by atoms with van der Waals surface area (Å²) in [5, 5.41) is 14.4. The van der Waals surface area contributed by atoms with E-state index in [0.29, 0.717) is 5.33 Å². The third kappa shape index (κ3) is 3.58. The van der Waals surface area contributed by atoms with Crippen LogP contribution in [0.3, 0.4) is 0 Å². The van der Waals surface area contributed by atoms with Gasteiger partial charge in [0.1, 0.15) is 11.4 Å². The van der Waals surface area contributed by atoms with Crippen LogP contribution in [0.5, 0.6) is 0 Å². The molecule has 2 rings (SSSR count). The standard InChI is InChI=1S/C14H16BrFN2O3/c15-9-14(6-2-1-3-7-14)17-13(19)11-8-10(16)4-5-12(11)18(20)21/h4-5,8H,1-3,6-7,9H2,(H,17,19). The third-order valence-corrected chi connectivity index (χ3v) is 4.92. The number of carbonyl (C=O) groups is 1. The van der Waals surface area contributed by atoms with Gasteiger partial charge in [-0.15, -0.1) is 0 Å². The van der Waals surface area contributed by atoms with Gasteiger partial charge in [0.25, 0.3) is 11.6 Å². The Balaban J connectivity index is 2.27. The van der Waals surface area contributed by atoms with Crippen molar-refractivity contribution in [3.05, 3.63) is 39.7 Å². The maximum Gasteiger partial charge on any atom is 0.282 e. The number of nitrogens with zero attached hydrogens (tertiary/aromatic N) is 1. The Morgan fingerprint density at radius 2 is 2.05 bits per heavy atom. The van der Waals surface area contributed by atoms with Crippen LogP contribution >= 0.6 is 15.9 Å². The number of alkyl halides is 1. The molecule has 0 saturated heterocycles. The molecule has 0 atom stereocenters. The maximum atomic E-state index is 13.3. The molecule has 1 aliphatic carbocycles. The van der Waals surface area contributed by atoms with Crippen LogP contribution < -0.4 is 5.32 Å². The van der Waals surface area contributed by atoms with Crippen LogP contribution in [0, 0.1) is 15.9 Å². The average Bonchev–Trinajstić information content (AvgIpc) is 2.47. The van der Waals surface area contributed by atoms with E-state index < -0.39 is 22.2 Å². The highest BCUT2D eigenvalue weighted by Gasteiger charge is 2.34. The van der Waals surface area contributed by atoms with Crippen molar-refractivity contribution < 1.29 is 14.1 Å². The first-order chi connectivity index (χ1) is 9.97. The van der Waals surface area contributed by atoms with Gasteiger partial charge in [0, 0.05) is 11.4 Å². The van der Waals surface area contributed by atoms with Gasteiger partial charge in [-0.3, -0.25) is 14.9 Å². The van der Waals surface area contributed by atoms with Crippen LogP contribution in [0.4, 0.5) is 10.1 Å². The quantitative estimate of drug-likeness (QED) is 0.508. The fourth-order valence-electron chi connectivity index (χ4n) is 2.68. The maximum absolute atomic E-state index is 13.3. The lowest BCUT2D eigenvalue weighted by Gasteiger charge is -2.36. The van der Waals surface area contributed by atoms with Crippen LogP contribution in [0.25, 0.3) is 0 Å². The number of nitro benzene ring substituents is 1. The van der Waals surface area contributed by atoms with Crippen molar-refractivity contribution >= 4 is 27.5 Å². The van der Waals surface area contributed by atoms with Crippen molar-refractivity contribution in [2.45, 2.75) is 37.6 Å². The second-order valence-corrected chi connectivity index (χ2v) is 5.91. The Labute approximate surface area is 130 Å². The molecule has 7 heteroatoms. The summed E-state index contributed by atoms with van der Waals surface area (Å²) in [4.78, 5) is 22.7. The van der Waals surface area contributed by atoms with Gasteiger partial charge in [-0.25, -0.2) is 4.39 Å². The minimum absolute atomic E-state index is 0.231. The van der Waals surface area contributed by atoms with E-state index in [4.69, 9.17) is 0 Å². The minimum atomic E-state index is -0.671. The van der Waals surface area contributed by atoms with Crippen molar-refractivity contribution in [3.8, 4) is 0 Å². The van der Waals surface area contributed by atoms with Crippen molar-refractivity contribution in [3.63, 3.8) is 0 Å². The minimum Gasteiger partial charge on any atom is -0.346 e. The molecule has 1 N–H and O–H groups in total. The summed E-state index contributed by atoms with van der Waals surface area (Å²) in [6, 6.07) is 2.92. The zero-order valence-corrected chi connectivity index (χ0v) is 13.0. The molecule has 21 heavy (non-hydrogen) atoms. The average molecular weight is 359 g/mol. The molecule has 0 aliphatic heterocycles. The molecule has 0 heterocycles. The molecule has 1 aromatic rings. The zero-order valence-electron chi connectivity index (χ0n) is 11.4. The lowest BCUT2D eigenvalue weighted by atomic mass is 9.83. The van der Waals surface area contributed by atoms with E-state index in [1.807, 2.05) is 0 Å². The molecule has 0 aromatic heterocycles. The Bertz CT molecular complexity index is 559. The van der Waals surface area contributed by atoms with E-state index in [0.717, 1.165) is 50.3 Å². The van der Waals surface area contributed by atoms with E-state index in [9.17, 15) is 19.3 Å². The number of nitro groups is 1. The van der Waals surface area contributed by atoms with E-state index >= 15 is 0 Å². The molecule has 5 nitrogen and oxygen atoms in total. The van der Waals surface area contributed by atoms with Crippen LogP contribution in [0.1, 0.15) is 42.5 Å². The topological polar surface area (TPSA) is 72.2 Å². The molecule has 1 fully saturated rings. The first-order valence-electron chi connectivity index (χ1n) is 6.80. The molecule has 0 radical (unpaired) electrons. The Hall–Kier alpha value is -1.50. The number of halogens is 2. The Morgan fingerprint density at radius 1 is 1.38 bits per heavy atom. The number of hydrogen-bond acceptors (Lipinski definition) is 3. The summed E-state index contributed by atoms with van der Waals surface area (Å²) >= 11 is 3.41. The SMILES string of the molecule is O=C(NC1(CBr)CCCCC1)c1cc(F)ccc1[N+](=O)[O-]. The van der Waals surface area contributed by atoms with Gasteiger partial charge in [0.15, 0.2) is 0 Å². The first kappa shape index (κ1) is 15.9. The van der Waals surface area contributed by atoms with Crippen molar-refractivity contribution in [1.29, 1.82) is 0 Å². The number of hydrogen-bond donors (Lipinski definition) is 1. The number of rotatable bonds is 4. The number of amides is 1. The second-order valence-electron chi connectivity index (χ2n) is 5.35. The van der Waals surface area contributed by atoms with E-state index in [-0.39, 0.29) is 11.3 Å². The van der Waals surface area contributed by atoms with Gasteiger partial charge in [-0.2, -0.15) is 0 Å². The largest absolute Gasteiger partial charge is 0.346 e. The van der Waals surface area contributed by atoms with Gasteiger partial charge in [-0.1, -0.05) is 35.2 Å². The lowest BCUT2D eigenvalue weighted by molar-refractivity contribution is -0.385. The van der Waals surface area contributed by atoms with Gasteiger partial charge in [0.2, 0.25) is 0 Å². The molecular formula is C14H16BrFN2O3. The van der Waals surface area contributed by atoms with Crippen LogP contribution in [0.2, 0.25) is 0 Å². The van der Waals surface area contributed by atoms with Gasteiger partial charge in [0.05, 0.1) is 10.5 Å². The van der Waals surface area contributed by atoms with E-state index in [1.165, 1.54) is 0 Å². The summed E-state index contributed by atoms with van der Waals surface area (Å²) in [5.41, 5.74) is -1.02. The van der Waals surface area contributed by atoms with Crippen molar-refractivity contribution in [2.24, 2.45) is 0 Å². The summed E-state index contributed by atoms with van der Waals surface area (Å²) in [5.74, 6) is -1.26. The van der Waals surface area contributed by atoms with Gasteiger partial charge >= 0.3 is 0 Å². The molecule has 1 aliphatic rings. The van der Waals surface area contributed by atoms with Crippen molar-refractivity contribution in [2.75, 3.05) is 5.33 Å². The second kappa shape index (κ2) is 6.51. The molecule has 1 amide bonds. The fourth-order valence-corrected chi connectivity index (χ4v) is 3.38. The van der Waals surface area contributed by atoms with E-state index in [1.54, 1.807) is 0 Å². The molecule has 0 bridgehead atoms. The first-order valence-corrected chi connectivity index (χ1v) is 7.92. The molecule has 0 spiro atoms.